The topological polar surface area (TPSA) is 24.1 Å². The summed E-state index contributed by atoms with van der Waals surface area (Å²) in [5.41, 5.74) is 0.796. The molecule has 0 heterocycles. The van der Waals surface area contributed by atoms with Crippen LogP contribution in [0.15, 0.2) is 24.3 Å². The van der Waals surface area contributed by atoms with Gasteiger partial charge in [-0.25, -0.2) is 4.39 Å². The Morgan fingerprint density at radius 2 is 1.94 bits per heavy atom. The molecule has 1 saturated carbocycles. The van der Waals surface area contributed by atoms with Gasteiger partial charge in [0, 0.05) is 19.1 Å². The van der Waals surface area contributed by atoms with Crippen LogP contribution in [0.3, 0.4) is 0 Å². The summed E-state index contributed by atoms with van der Waals surface area (Å²) >= 11 is 0. The van der Waals surface area contributed by atoms with Gasteiger partial charge in [-0.05, 0) is 37.4 Å². The lowest BCUT2D eigenvalue weighted by Gasteiger charge is -2.06. The molecule has 0 aliphatic heterocycles. The predicted molar refractivity (Wildman–Crippen MR) is 64.0 cm³/mol. The lowest BCUT2D eigenvalue weighted by Crippen LogP contribution is -2.29. The normalized spacial score (nSPS) is 15.3. The molecule has 16 heavy (non-hydrogen) atoms. The van der Waals surface area contributed by atoms with E-state index in [1.165, 1.54) is 18.9 Å². The fourth-order valence-corrected chi connectivity index (χ4v) is 1.70. The van der Waals surface area contributed by atoms with Gasteiger partial charge in [0.1, 0.15) is 5.82 Å². The Morgan fingerprint density at radius 1 is 1.12 bits per heavy atom. The van der Waals surface area contributed by atoms with Crippen molar-refractivity contribution in [3.63, 3.8) is 0 Å². The Balaban J connectivity index is 1.55. The monoisotopic (exact) mass is 222 g/mol. The molecule has 0 amide bonds. The first-order valence-corrected chi connectivity index (χ1v) is 6.04. The van der Waals surface area contributed by atoms with E-state index in [-0.39, 0.29) is 5.82 Å². The van der Waals surface area contributed by atoms with Crippen LogP contribution in [0.4, 0.5) is 4.39 Å². The Morgan fingerprint density at radius 3 is 2.69 bits per heavy atom. The predicted octanol–water partition coefficient (Wildman–Crippen LogP) is 1.71. The van der Waals surface area contributed by atoms with Gasteiger partial charge < -0.3 is 10.6 Å². The van der Waals surface area contributed by atoms with E-state index in [1.54, 1.807) is 6.07 Å². The van der Waals surface area contributed by atoms with Crippen LogP contribution < -0.4 is 10.6 Å². The molecule has 0 saturated heterocycles. The number of halogens is 1. The van der Waals surface area contributed by atoms with E-state index in [2.05, 4.69) is 10.6 Å². The van der Waals surface area contributed by atoms with Crippen molar-refractivity contribution in [3.8, 4) is 0 Å². The van der Waals surface area contributed by atoms with Gasteiger partial charge in [-0.15, -0.1) is 0 Å². The van der Waals surface area contributed by atoms with Gasteiger partial charge in [-0.2, -0.15) is 0 Å². The maximum atomic E-state index is 13.2. The van der Waals surface area contributed by atoms with Crippen molar-refractivity contribution < 1.29 is 4.39 Å². The van der Waals surface area contributed by atoms with Crippen molar-refractivity contribution in [3.05, 3.63) is 35.6 Å². The smallest absolute Gasteiger partial charge is 0.126 e. The highest BCUT2D eigenvalue weighted by molar-refractivity contribution is 5.17. The Labute approximate surface area is 96.2 Å². The molecule has 1 aromatic carbocycles. The van der Waals surface area contributed by atoms with Crippen LogP contribution in [-0.4, -0.2) is 25.7 Å². The number of benzene rings is 1. The summed E-state index contributed by atoms with van der Waals surface area (Å²) in [7, 11) is 0. The number of hydrogen-bond acceptors (Lipinski definition) is 2. The third-order valence-corrected chi connectivity index (χ3v) is 2.84. The minimum absolute atomic E-state index is 0.0968. The maximum absolute atomic E-state index is 13.2. The SMILES string of the molecule is Fc1ccccc1CCNCCNC1CC1. The van der Waals surface area contributed by atoms with Crippen molar-refractivity contribution in [2.24, 2.45) is 0 Å². The highest BCUT2D eigenvalue weighted by atomic mass is 19.1. The molecule has 2 rings (SSSR count). The molecule has 0 aromatic heterocycles. The molecule has 1 fully saturated rings. The summed E-state index contributed by atoms with van der Waals surface area (Å²) in [5, 5.41) is 6.75. The van der Waals surface area contributed by atoms with Crippen molar-refractivity contribution in [2.75, 3.05) is 19.6 Å². The molecule has 0 unspecified atom stereocenters. The molecule has 2 N–H and O–H groups in total. The van der Waals surface area contributed by atoms with E-state index in [4.69, 9.17) is 0 Å². The summed E-state index contributed by atoms with van der Waals surface area (Å²) in [6, 6.07) is 7.75. The van der Waals surface area contributed by atoms with Gasteiger partial charge in [0.05, 0.1) is 0 Å². The van der Waals surface area contributed by atoms with Crippen molar-refractivity contribution in [1.82, 2.24) is 10.6 Å². The van der Waals surface area contributed by atoms with Crippen LogP contribution in [0.5, 0.6) is 0 Å². The van der Waals surface area contributed by atoms with Crippen LogP contribution in [0.2, 0.25) is 0 Å². The number of hydrogen-bond donors (Lipinski definition) is 2. The van der Waals surface area contributed by atoms with Gasteiger partial charge in [0.2, 0.25) is 0 Å². The molecule has 0 bridgehead atoms. The van der Waals surface area contributed by atoms with Gasteiger partial charge in [-0.1, -0.05) is 18.2 Å². The van der Waals surface area contributed by atoms with Gasteiger partial charge >= 0.3 is 0 Å². The minimum atomic E-state index is -0.0968. The van der Waals surface area contributed by atoms with Crippen LogP contribution in [-0.2, 0) is 6.42 Å². The number of nitrogens with one attached hydrogen (secondary N) is 2. The second-order valence-electron chi connectivity index (χ2n) is 4.32. The van der Waals surface area contributed by atoms with Gasteiger partial charge in [0.15, 0.2) is 0 Å². The molecule has 1 aromatic rings. The largest absolute Gasteiger partial charge is 0.315 e. The molecule has 0 radical (unpaired) electrons. The molecule has 0 spiro atoms. The second-order valence-corrected chi connectivity index (χ2v) is 4.32. The van der Waals surface area contributed by atoms with Crippen LogP contribution in [0.25, 0.3) is 0 Å². The van der Waals surface area contributed by atoms with E-state index in [0.29, 0.717) is 0 Å². The van der Waals surface area contributed by atoms with Gasteiger partial charge in [-0.3, -0.25) is 0 Å². The van der Waals surface area contributed by atoms with Gasteiger partial charge in [0.25, 0.3) is 0 Å². The zero-order chi connectivity index (χ0) is 11.2. The van der Waals surface area contributed by atoms with Crippen molar-refractivity contribution in [1.29, 1.82) is 0 Å². The first-order chi connectivity index (χ1) is 7.86. The van der Waals surface area contributed by atoms with E-state index in [0.717, 1.165) is 37.7 Å². The van der Waals surface area contributed by atoms with Crippen LogP contribution in [0, 0.1) is 5.82 Å². The quantitative estimate of drug-likeness (QED) is 0.686. The molecular formula is C13H19FN2. The van der Waals surface area contributed by atoms with Crippen molar-refractivity contribution in [2.45, 2.75) is 25.3 Å². The van der Waals surface area contributed by atoms with E-state index >= 15 is 0 Å². The lowest BCUT2D eigenvalue weighted by molar-refractivity contribution is 0.584. The summed E-state index contributed by atoms with van der Waals surface area (Å²) in [4.78, 5) is 0. The molecule has 1 aliphatic rings. The van der Waals surface area contributed by atoms with Crippen LogP contribution in [0.1, 0.15) is 18.4 Å². The third kappa shape index (κ3) is 3.91. The molecule has 3 heteroatoms. The van der Waals surface area contributed by atoms with E-state index in [9.17, 15) is 4.39 Å². The minimum Gasteiger partial charge on any atom is -0.315 e. The average Bonchev–Trinajstić information content (AvgIpc) is 3.09. The summed E-state index contributed by atoms with van der Waals surface area (Å²) in [5.74, 6) is -0.0968. The number of rotatable bonds is 7. The summed E-state index contributed by atoms with van der Waals surface area (Å²) in [6.07, 6.45) is 3.42. The Bertz CT molecular complexity index is 323. The first kappa shape index (κ1) is 11.6. The fourth-order valence-electron chi connectivity index (χ4n) is 1.70. The molecule has 2 nitrogen and oxygen atoms in total. The standard InChI is InChI=1S/C13H19FN2/c14-13-4-2-1-3-11(13)7-8-15-9-10-16-12-5-6-12/h1-4,12,15-16H,5-10H2. The third-order valence-electron chi connectivity index (χ3n) is 2.84. The maximum Gasteiger partial charge on any atom is 0.126 e. The highest BCUT2D eigenvalue weighted by Crippen LogP contribution is 2.17. The van der Waals surface area contributed by atoms with E-state index < -0.39 is 0 Å². The zero-order valence-electron chi connectivity index (χ0n) is 9.51. The fraction of sp³-hybridized carbons (Fsp3) is 0.538. The molecular weight excluding hydrogens is 203 g/mol. The molecule has 1 aliphatic carbocycles. The van der Waals surface area contributed by atoms with E-state index in [1.807, 2.05) is 12.1 Å². The Hall–Kier alpha value is -0.930. The molecule has 88 valence electrons. The van der Waals surface area contributed by atoms with Crippen molar-refractivity contribution >= 4 is 0 Å². The second kappa shape index (κ2) is 5.97. The first-order valence-electron chi connectivity index (χ1n) is 6.04. The lowest BCUT2D eigenvalue weighted by atomic mass is 10.1. The summed E-state index contributed by atoms with van der Waals surface area (Å²) in [6.45, 7) is 2.82. The average molecular weight is 222 g/mol. The highest BCUT2D eigenvalue weighted by Gasteiger charge is 2.19. The Kier molecular flexibility index (Phi) is 4.31. The molecule has 0 atom stereocenters. The zero-order valence-corrected chi connectivity index (χ0v) is 9.51. The summed E-state index contributed by atoms with van der Waals surface area (Å²) < 4.78 is 13.2. The van der Waals surface area contributed by atoms with Crippen LogP contribution >= 0.6 is 0 Å².